The normalized spacial score (nSPS) is 14.1. The van der Waals surface area contributed by atoms with Crippen LogP contribution in [0.4, 0.5) is 0 Å². The number of esters is 1. The quantitative estimate of drug-likeness (QED) is 0.332. The van der Waals surface area contributed by atoms with E-state index in [0.29, 0.717) is 13.0 Å². The monoisotopic (exact) mass is 210 g/mol. The molecular formula is C12H18O3. The topological polar surface area (TPSA) is 46.5 Å². The van der Waals surface area contributed by atoms with E-state index in [4.69, 9.17) is 0 Å². The SMILES string of the molecule is C/C=C\CCC(C)(O)C#CC(=O)OCC. The Labute approximate surface area is 91.1 Å². The Bertz CT molecular complexity index is 279. The van der Waals surface area contributed by atoms with Crippen molar-refractivity contribution in [2.75, 3.05) is 6.61 Å². The van der Waals surface area contributed by atoms with Gasteiger partial charge < -0.3 is 9.84 Å². The Balaban J connectivity index is 4.16. The molecule has 3 nitrogen and oxygen atoms in total. The maximum atomic E-state index is 10.9. The minimum absolute atomic E-state index is 0.300. The first-order chi connectivity index (χ1) is 7.02. The number of rotatable bonds is 4. The highest BCUT2D eigenvalue weighted by Gasteiger charge is 2.15. The summed E-state index contributed by atoms with van der Waals surface area (Å²) in [7, 11) is 0. The molecule has 15 heavy (non-hydrogen) atoms. The molecule has 0 bridgehead atoms. The van der Waals surface area contributed by atoms with Crippen LogP contribution in [-0.4, -0.2) is 23.3 Å². The van der Waals surface area contributed by atoms with E-state index in [1.54, 1.807) is 13.8 Å². The van der Waals surface area contributed by atoms with Crippen LogP contribution in [0.25, 0.3) is 0 Å². The number of aliphatic hydroxyl groups is 1. The molecule has 0 heterocycles. The van der Waals surface area contributed by atoms with E-state index >= 15 is 0 Å². The van der Waals surface area contributed by atoms with Gasteiger partial charge >= 0.3 is 5.97 Å². The van der Waals surface area contributed by atoms with Gasteiger partial charge in [-0.05, 0) is 33.6 Å². The van der Waals surface area contributed by atoms with Crippen LogP contribution in [0.2, 0.25) is 0 Å². The van der Waals surface area contributed by atoms with Crippen LogP contribution in [0.15, 0.2) is 12.2 Å². The minimum atomic E-state index is -1.13. The molecule has 0 saturated heterocycles. The van der Waals surface area contributed by atoms with Crippen LogP contribution in [0.1, 0.15) is 33.6 Å². The van der Waals surface area contributed by atoms with Crippen molar-refractivity contribution in [3.63, 3.8) is 0 Å². The fraction of sp³-hybridized carbons (Fsp3) is 0.583. The van der Waals surface area contributed by atoms with Crippen LogP contribution >= 0.6 is 0 Å². The van der Waals surface area contributed by atoms with Gasteiger partial charge in [0.2, 0.25) is 0 Å². The van der Waals surface area contributed by atoms with E-state index < -0.39 is 11.6 Å². The highest BCUT2D eigenvalue weighted by molar-refractivity contribution is 5.88. The summed E-state index contributed by atoms with van der Waals surface area (Å²) in [6.07, 6.45) is 5.10. The van der Waals surface area contributed by atoms with Gasteiger partial charge in [-0.1, -0.05) is 18.1 Å². The molecule has 1 N–H and O–H groups in total. The average molecular weight is 210 g/mol. The lowest BCUT2D eigenvalue weighted by Crippen LogP contribution is -2.21. The van der Waals surface area contributed by atoms with E-state index in [1.807, 2.05) is 19.1 Å². The van der Waals surface area contributed by atoms with Crippen molar-refractivity contribution in [2.24, 2.45) is 0 Å². The average Bonchev–Trinajstić information content (AvgIpc) is 2.16. The largest absolute Gasteiger partial charge is 0.456 e. The predicted molar refractivity (Wildman–Crippen MR) is 59.1 cm³/mol. The van der Waals surface area contributed by atoms with Crippen LogP contribution in [0, 0.1) is 11.8 Å². The van der Waals surface area contributed by atoms with Crippen molar-refractivity contribution in [3.8, 4) is 11.8 Å². The summed E-state index contributed by atoms with van der Waals surface area (Å²) in [6.45, 7) is 5.51. The Hall–Kier alpha value is -1.27. The molecule has 0 aromatic rings. The molecule has 0 amide bonds. The zero-order chi connectivity index (χ0) is 11.7. The van der Waals surface area contributed by atoms with E-state index in [9.17, 15) is 9.90 Å². The van der Waals surface area contributed by atoms with Gasteiger partial charge in [-0.25, -0.2) is 4.79 Å². The molecule has 0 aromatic carbocycles. The molecule has 0 spiro atoms. The lowest BCUT2D eigenvalue weighted by Gasteiger charge is -2.14. The molecule has 1 atom stereocenters. The number of ether oxygens (including phenoxy) is 1. The summed E-state index contributed by atoms with van der Waals surface area (Å²) in [5.41, 5.74) is -1.13. The van der Waals surface area contributed by atoms with E-state index in [0.717, 1.165) is 6.42 Å². The molecule has 0 saturated carbocycles. The first-order valence-corrected chi connectivity index (χ1v) is 5.05. The van der Waals surface area contributed by atoms with Gasteiger partial charge in [-0.3, -0.25) is 0 Å². The molecule has 0 aromatic heterocycles. The highest BCUT2D eigenvalue weighted by atomic mass is 16.5. The Morgan fingerprint density at radius 1 is 1.60 bits per heavy atom. The molecule has 0 aliphatic heterocycles. The van der Waals surface area contributed by atoms with E-state index in [1.165, 1.54) is 0 Å². The van der Waals surface area contributed by atoms with Crippen molar-refractivity contribution >= 4 is 5.97 Å². The number of allylic oxidation sites excluding steroid dienone is 2. The Kier molecular flexibility index (Phi) is 6.48. The van der Waals surface area contributed by atoms with Crippen molar-refractivity contribution in [1.29, 1.82) is 0 Å². The third kappa shape index (κ3) is 7.77. The van der Waals surface area contributed by atoms with Gasteiger partial charge in [0.15, 0.2) is 0 Å². The molecule has 3 heteroatoms. The van der Waals surface area contributed by atoms with Crippen molar-refractivity contribution < 1.29 is 14.6 Å². The standard InChI is InChI=1S/C12H18O3/c1-4-6-7-9-12(3,14)10-8-11(13)15-5-2/h4,6,14H,5,7,9H2,1-3H3/b6-4-. The summed E-state index contributed by atoms with van der Waals surface area (Å²) in [5, 5.41) is 9.74. The fourth-order valence-electron chi connectivity index (χ4n) is 0.946. The number of carbonyl (C=O) groups excluding carboxylic acids is 1. The van der Waals surface area contributed by atoms with Crippen LogP contribution in [0.5, 0.6) is 0 Å². The summed E-state index contributed by atoms with van der Waals surface area (Å²) in [6, 6.07) is 0. The Morgan fingerprint density at radius 2 is 2.27 bits per heavy atom. The number of hydrogen-bond acceptors (Lipinski definition) is 3. The van der Waals surface area contributed by atoms with E-state index in [-0.39, 0.29) is 0 Å². The summed E-state index contributed by atoms with van der Waals surface area (Å²) in [5.74, 6) is 4.17. The van der Waals surface area contributed by atoms with Crippen LogP contribution < -0.4 is 0 Å². The summed E-state index contributed by atoms with van der Waals surface area (Å²) in [4.78, 5) is 10.9. The smallest absolute Gasteiger partial charge is 0.384 e. The van der Waals surface area contributed by atoms with E-state index in [2.05, 4.69) is 16.6 Å². The zero-order valence-corrected chi connectivity index (χ0v) is 9.54. The van der Waals surface area contributed by atoms with Crippen molar-refractivity contribution in [1.82, 2.24) is 0 Å². The maximum Gasteiger partial charge on any atom is 0.384 e. The van der Waals surface area contributed by atoms with Gasteiger partial charge in [0.25, 0.3) is 0 Å². The van der Waals surface area contributed by atoms with Gasteiger partial charge in [0, 0.05) is 5.92 Å². The molecule has 0 fully saturated rings. The van der Waals surface area contributed by atoms with Gasteiger partial charge in [-0.15, -0.1) is 0 Å². The molecule has 1 unspecified atom stereocenters. The Morgan fingerprint density at radius 3 is 2.80 bits per heavy atom. The lowest BCUT2D eigenvalue weighted by atomic mass is 10.0. The fourth-order valence-corrected chi connectivity index (χ4v) is 0.946. The molecule has 0 aliphatic rings. The molecule has 0 aliphatic carbocycles. The summed E-state index contributed by atoms with van der Waals surface area (Å²) < 4.78 is 4.63. The molecule has 0 radical (unpaired) electrons. The zero-order valence-electron chi connectivity index (χ0n) is 9.54. The molecular weight excluding hydrogens is 192 g/mol. The lowest BCUT2D eigenvalue weighted by molar-refractivity contribution is -0.136. The van der Waals surface area contributed by atoms with Gasteiger partial charge in [-0.2, -0.15) is 0 Å². The first-order valence-electron chi connectivity index (χ1n) is 5.05. The highest BCUT2D eigenvalue weighted by Crippen LogP contribution is 2.10. The minimum Gasteiger partial charge on any atom is -0.456 e. The van der Waals surface area contributed by atoms with Crippen molar-refractivity contribution in [2.45, 2.75) is 39.2 Å². The maximum absolute atomic E-state index is 10.9. The first kappa shape index (κ1) is 13.7. The van der Waals surface area contributed by atoms with Crippen molar-refractivity contribution in [3.05, 3.63) is 12.2 Å². The van der Waals surface area contributed by atoms with Crippen LogP contribution in [0.3, 0.4) is 0 Å². The van der Waals surface area contributed by atoms with Gasteiger partial charge in [0.05, 0.1) is 6.61 Å². The van der Waals surface area contributed by atoms with Crippen LogP contribution in [-0.2, 0) is 9.53 Å². The second-order valence-electron chi connectivity index (χ2n) is 3.35. The number of carbonyl (C=O) groups is 1. The third-order valence-electron chi connectivity index (χ3n) is 1.74. The second kappa shape index (κ2) is 7.08. The second-order valence-corrected chi connectivity index (χ2v) is 3.35. The molecule has 0 rings (SSSR count). The predicted octanol–water partition coefficient (Wildman–Crippen LogP) is 1.66. The summed E-state index contributed by atoms with van der Waals surface area (Å²) >= 11 is 0. The number of hydrogen-bond donors (Lipinski definition) is 1. The van der Waals surface area contributed by atoms with Gasteiger partial charge in [0.1, 0.15) is 5.60 Å². The third-order valence-corrected chi connectivity index (χ3v) is 1.74. The molecule has 84 valence electrons.